The SMILES string of the molecule is O=C(Nc1ccc(F)c(F)c1)c1ccnc(C(=O)Nc2ccc(Cl)cc2)c1. The highest BCUT2D eigenvalue weighted by Gasteiger charge is 2.13. The summed E-state index contributed by atoms with van der Waals surface area (Å²) >= 11 is 5.79. The third kappa shape index (κ3) is 4.65. The topological polar surface area (TPSA) is 71.1 Å². The minimum atomic E-state index is -1.08. The zero-order chi connectivity index (χ0) is 19.4. The van der Waals surface area contributed by atoms with E-state index in [0.717, 1.165) is 12.1 Å². The van der Waals surface area contributed by atoms with Crippen molar-refractivity contribution in [3.63, 3.8) is 0 Å². The van der Waals surface area contributed by atoms with E-state index in [1.807, 2.05) is 0 Å². The zero-order valence-corrected chi connectivity index (χ0v) is 14.4. The van der Waals surface area contributed by atoms with Crippen LogP contribution in [-0.2, 0) is 0 Å². The molecule has 2 aromatic carbocycles. The highest BCUT2D eigenvalue weighted by Crippen LogP contribution is 2.16. The summed E-state index contributed by atoms with van der Waals surface area (Å²) in [5.41, 5.74) is 0.754. The molecule has 0 aliphatic heterocycles. The van der Waals surface area contributed by atoms with Gasteiger partial charge in [-0.2, -0.15) is 0 Å². The van der Waals surface area contributed by atoms with E-state index in [0.29, 0.717) is 10.7 Å². The number of aromatic nitrogens is 1. The fourth-order valence-corrected chi connectivity index (χ4v) is 2.33. The minimum absolute atomic E-state index is 0.0166. The van der Waals surface area contributed by atoms with E-state index in [1.165, 1.54) is 24.4 Å². The first-order valence-corrected chi connectivity index (χ1v) is 8.09. The molecule has 0 unspecified atom stereocenters. The molecule has 0 saturated heterocycles. The Morgan fingerprint density at radius 1 is 0.815 bits per heavy atom. The molecule has 2 N–H and O–H groups in total. The molecule has 0 aliphatic carbocycles. The Bertz CT molecular complexity index is 1010. The molecule has 3 rings (SSSR count). The van der Waals surface area contributed by atoms with Crippen molar-refractivity contribution in [1.29, 1.82) is 0 Å². The van der Waals surface area contributed by atoms with Crippen molar-refractivity contribution >= 4 is 34.8 Å². The summed E-state index contributed by atoms with van der Waals surface area (Å²) in [6.45, 7) is 0. The Labute approximate surface area is 158 Å². The van der Waals surface area contributed by atoms with Gasteiger partial charge in [0.05, 0.1) is 0 Å². The van der Waals surface area contributed by atoms with Crippen LogP contribution in [0.3, 0.4) is 0 Å². The number of anilines is 2. The number of pyridine rings is 1. The summed E-state index contributed by atoms with van der Waals surface area (Å²) < 4.78 is 26.2. The molecule has 0 bridgehead atoms. The van der Waals surface area contributed by atoms with Crippen LogP contribution >= 0.6 is 11.6 Å². The maximum Gasteiger partial charge on any atom is 0.274 e. The van der Waals surface area contributed by atoms with E-state index in [2.05, 4.69) is 15.6 Å². The molecule has 136 valence electrons. The van der Waals surface area contributed by atoms with Crippen molar-refractivity contribution in [2.75, 3.05) is 10.6 Å². The van der Waals surface area contributed by atoms with Crippen molar-refractivity contribution < 1.29 is 18.4 Å². The summed E-state index contributed by atoms with van der Waals surface area (Å²) in [6.07, 6.45) is 1.30. The molecule has 5 nitrogen and oxygen atoms in total. The molecule has 0 aliphatic rings. The van der Waals surface area contributed by atoms with Gasteiger partial charge in [0.15, 0.2) is 11.6 Å². The number of rotatable bonds is 4. The number of hydrogen-bond acceptors (Lipinski definition) is 3. The highest BCUT2D eigenvalue weighted by atomic mass is 35.5. The third-order valence-corrected chi connectivity index (χ3v) is 3.79. The number of nitrogens with zero attached hydrogens (tertiary/aromatic N) is 1. The quantitative estimate of drug-likeness (QED) is 0.691. The van der Waals surface area contributed by atoms with E-state index >= 15 is 0 Å². The molecule has 8 heteroatoms. The van der Waals surface area contributed by atoms with Crippen LogP contribution in [0.25, 0.3) is 0 Å². The first-order chi connectivity index (χ1) is 12.9. The van der Waals surface area contributed by atoms with Crippen LogP contribution in [0, 0.1) is 11.6 Å². The standard InChI is InChI=1S/C19H12ClF2N3O2/c20-12-1-3-13(4-2-12)24-19(27)17-9-11(7-8-23-17)18(26)25-14-5-6-15(21)16(22)10-14/h1-10H,(H,24,27)(H,25,26). The lowest BCUT2D eigenvalue weighted by Crippen LogP contribution is -2.17. The molecular formula is C19H12ClF2N3O2. The molecule has 0 atom stereocenters. The number of halogens is 3. The van der Waals surface area contributed by atoms with Gasteiger partial charge in [-0.25, -0.2) is 8.78 Å². The Morgan fingerprint density at radius 2 is 1.48 bits per heavy atom. The van der Waals surface area contributed by atoms with E-state index in [4.69, 9.17) is 11.6 Å². The molecule has 0 spiro atoms. The maximum absolute atomic E-state index is 13.2. The fourth-order valence-electron chi connectivity index (χ4n) is 2.20. The molecule has 3 aromatic rings. The van der Waals surface area contributed by atoms with Crippen LogP contribution in [0.15, 0.2) is 60.8 Å². The smallest absolute Gasteiger partial charge is 0.274 e. The second-order valence-corrected chi connectivity index (χ2v) is 5.91. The summed E-state index contributed by atoms with van der Waals surface area (Å²) in [6, 6.07) is 12.2. The number of amides is 2. The summed E-state index contributed by atoms with van der Waals surface area (Å²) in [5, 5.41) is 5.59. The lowest BCUT2D eigenvalue weighted by Gasteiger charge is -2.08. The minimum Gasteiger partial charge on any atom is -0.322 e. The van der Waals surface area contributed by atoms with Gasteiger partial charge >= 0.3 is 0 Å². The van der Waals surface area contributed by atoms with Crippen molar-refractivity contribution in [3.05, 3.63) is 88.7 Å². The van der Waals surface area contributed by atoms with Crippen LogP contribution in [0.4, 0.5) is 20.2 Å². The highest BCUT2D eigenvalue weighted by molar-refractivity contribution is 6.30. The van der Waals surface area contributed by atoms with Gasteiger partial charge < -0.3 is 10.6 Å². The Hall–Kier alpha value is -3.32. The van der Waals surface area contributed by atoms with Gasteiger partial charge in [-0.3, -0.25) is 14.6 Å². The molecule has 0 saturated carbocycles. The summed E-state index contributed by atoms with van der Waals surface area (Å²) in [5.74, 6) is -3.20. The van der Waals surface area contributed by atoms with Gasteiger partial charge in [0.1, 0.15) is 5.69 Å². The second-order valence-electron chi connectivity index (χ2n) is 5.47. The largest absolute Gasteiger partial charge is 0.322 e. The van der Waals surface area contributed by atoms with Crippen molar-refractivity contribution in [2.45, 2.75) is 0 Å². The second kappa shape index (κ2) is 7.92. The van der Waals surface area contributed by atoms with Crippen molar-refractivity contribution in [1.82, 2.24) is 4.98 Å². The molecular weight excluding hydrogens is 376 g/mol. The van der Waals surface area contributed by atoms with Crippen LogP contribution in [0.1, 0.15) is 20.8 Å². The normalized spacial score (nSPS) is 10.3. The number of nitrogens with one attached hydrogen (secondary N) is 2. The molecule has 0 fully saturated rings. The van der Waals surface area contributed by atoms with E-state index in [-0.39, 0.29) is 16.9 Å². The monoisotopic (exact) mass is 387 g/mol. The van der Waals surface area contributed by atoms with Gasteiger partial charge in [-0.1, -0.05) is 11.6 Å². The van der Waals surface area contributed by atoms with Crippen molar-refractivity contribution in [3.8, 4) is 0 Å². The molecule has 27 heavy (non-hydrogen) atoms. The molecule has 1 aromatic heterocycles. The molecule has 1 heterocycles. The molecule has 2 amide bonds. The van der Waals surface area contributed by atoms with Crippen LogP contribution < -0.4 is 10.6 Å². The number of carbonyl (C=O) groups excluding carboxylic acids is 2. The van der Waals surface area contributed by atoms with Gasteiger partial charge in [0.2, 0.25) is 0 Å². The van der Waals surface area contributed by atoms with E-state index in [9.17, 15) is 18.4 Å². The third-order valence-electron chi connectivity index (χ3n) is 3.53. The Morgan fingerprint density at radius 3 is 2.19 bits per heavy atom. The van der Waals surface area contributed by atoms with Crippen LogP contribution in [0.2, 0.25) is 5.02 Å². The predicted octanol–water partition coefficient (Wildman–Crippen LogP) is 4.52. The van der Waals surface area contributed by atoms with Crippen molar-refractivity contribution in [2.24, 2.45) is 0 Å². The Kier molecular flexibility index (Phi) is 5.42. The number of benzene rings is 2. The van der Waals surface area contributed by atoms with E-state index in [1.54, 1.807) is 24.3 Å². The average Bonchev–Trinajstić information content (AvgIpc) is 2.66. The van der Waals surface area contributed by atoms with Crippen LogP contribution in [0.5, 0.6) is 0 Å². The average molecular weight is 388 g/mol. The van der Waals surface area contributed by atoms with Gasteiger partial charge in [-0.15, -0.1) is 0 Å². The summed E-state index contributed by atoms with van der Waals surface area (Å²) in [4.78, 5) is 28.5. The fraction of sp³-hybridized carbons (Fsp3) is 0. The lowest BCUT2D eigenvalue weighted by molar-refractivity contribution is 0.102. The summed E-state index contributed by atoms with van der Waals surface area (Å²) in [7, 11) is 0. The predicted molar refractivity (Wildman–Crippen MR) is 98.0 cm³/mol. The number of carbonyl (C=O) groups is 2. The maximum atomic E-state index is 13.2. The first kappa shape index (κ1) is 18.5. The van der Waals surface area contributed by atoms with E-state index < -0.39 is 23.4 Å². The Balaban J connectivity index is 1.73. The van der Waals surface area contributed by atoms with Gasteiger partial charge in [-0.05, 0) is 48.5 Å². The first-order valence-electron chi connectivity index (χ1n) is 7.72. The lowest BCUT2D eigenvalue weighted by atomic mass is 10.2. The number of hydrogen-bond donors (Lipinski definition) is 2. The van der Waals surface area contributed by atoms with Crippen LogP contribution in [-0.4, -0.2) is 16.8 Å². The van der Waals surface area contributed by atoms with Gasteiger partial charge in [0.25, 0.3) is 11.8 Å². The zero-order valence-electron chi connectivity index (χ0n) is 13.7. The van der Waals surface area contributed by atoms with Gasteiger partial charge in [0, 0.05) is 34.2 Å². The molecule has 0 radical (unpaired) electrons.